The number of rotatable bonds is 2. The minimum absolute atomic E-state index is 0.0158. The fourth-order valence-electron chi connectivity index (χ4n) is 2.20. The third-order valence-electron chi connectivity index (χ3n) is 3.63. The number of benzene rings is 1. The number of nitrogens with one attached hydrogen (secondary N) is 1. The minimum atomic E-state index is -0.634. The van der Waals surface area contributed by atoms with Gasteiger partial charge in [0.2, 0.25) is 11.8 Å². The number of imide groups is 1. The van der Waals surface area contributed by atoms with E-state index < -0.39 is 5.41 Å². The Morgan fingerprint density at radius 2 is 1.88 bits per heavy atom. The third-order valence-corrected chi connectivity index (χ3v) is 4.15. The molecule has 2 atom stereocenters. The van der Waals surface area contributed by atoms with Gasteiger partial charge in [-0.3, -0.25) is 14.9 Å². The summed E-state index contributed by atoms with van der Waals surface area (Å²) in [4.78, 5) is 23.2. The van der Waals surface area contributed by atoms with Crippen LogP contribution in [-0.4, -0.2) is 11.8 Å². The lowest BCUT2D eigenvalue weighted by molar-refractivity contribution is -0.128. The number of carbonyl (C=O) groups excluding carboxylic acids is 2. The van der Waals surface area contributed by atoms with Crippen molar-refractivity contribution in [3.63, 3.8) is 0 Å². The fourth-order valence-corrected chi connectivity index (χ4v) is 2.46. The highest BCUT2D eigenvalue weighted by Gasteiger charge is 2.46. The van der Waals surface area contributed by atoms with Crippen molar-refractivity contribution in [2.45, 2.75) is 26.2 Å². The first-order chi connectivity index (χ1) is 7.93. The summed E-state index contributed by atoms with van der Waals surface area (Å²) in [6, 6.07) is 7.86. The number of hydrogen-bond acceptors (Lipinski definition) is 2. The Balaban J connectivity index is 2.31. The average molecular weight is 296 g/mol. The molecule has 1 N–H and O–H groups in total. The molecule has 1 aromatic carbocycles. The fraction of sp³-hybridized carbons (Fsp3) is 0.385. The van der Waals surface area contributed by atoms with Crippen molar-refractivity contribution in [3.05, 3.63) is 34.3 Å². The van der Waals surface area contributed by atoms with E-state index in [0.717, 1.165) is 10.0 Å². The molecule has 0 saturated carbocycles. The zero-order valence-electron chi connectivity index (χ0n) is 9.79. The molecule has 1 aliphatic rings. The highest BCUT2D eigenvalue weighted by molar-refractivity contribution is 9.10. The van der Waals surface area contributed by atoms with Gasteiger partial charge in [0, 0.05) is 10.9 Å². The molecule has 0 radical (unpaired) electrons. The summed E-state index contributed by atoms with van der Waals surface area (Å²) in [6.07, 6.45) is 0.267. The van der Waals surface area contributed by atoms with Crippen molar-refractivity contribution in [2.75, 3.05) is 0 Å². The van der Waals surface area contributed by atoms with Crippen LogP contribution in [-0.2, 0) is 9.59 Å². The first-order valence-electron chi connectivity index (χ1n) is 5.53. The van der Waals surface area contributed by atoms with Gasteiger partial charge < -0.3 is 0 Å². The second-order valence-electron chi connectivity index (χ2n) is 4.74. The lowest BCUT2D eigenvalue weighted by atomic mass is 9.73. The summed E-state index contributed by atoms with van der Waals surface area (Å²) in [5, 5.41) is 2.38. The van der Waals surface area contributed by atoms with E-state index in [4.69, 9.17) is 0 Å². The van der Waals surface area contributed by atoms with E-state index in [-0.39, 0.29) is 24.2 Å². The van der Waals surface area contributed by atoms with Crippen LogP contribution < -0.4 is 5.32 Å². The Morgan fingerprint density at radius 3 is 2.35 bits per heavy atom. The quantitative estimate of drug-likeness (QED) is 0.853. The van der Waals surface area contributed by atoms with E-state index in [0.29, 0.717) is 0 Å². The molecule has 2 amide bonds. The van der Waals surface area contributed by atoms with Gasteiger partial charge in [-0.05, 0) is 30.5 Å². The summed E-state index contributed by atoms with van der Waals surface area (Å²) >= 11 is 3.38. The molecule has 90 valence electrons. The highest BCUT2D eigenvalue weighted by atomic mass is 79.9. The van der Waals surface area contributed by atoms with Crippen LogP contribution in [0.25, 0.3) is 0 Å². The lowest BCUT2D eigenvalue weighted by Crippen LogP contribution is -2.33. The SMILES string of the molecule is C[C@H](c1ccc(Br)cc1)[C@]1(C)CC(=O)NC1=O. The molecule has 17 heavy (non-hydrogen) atoms. The van der Waals surface area contributed by atoms with Gasteiger partial charge in [0.05, 0.1) is 5.41 Å². The van der Waals surface area contributed by atoms with Crippen LogP contribution in [0.15, 0.2) is 28.7 Å². The van der Waals surface area contributed by atoms with Crippen LogP contribution in [0.3, 0.4) is 0 Å². The van der Waals surface area contributed by atoms with Gasteiger partial charge in [0.15, 0.2) is 0 Å². The van der Waals surface area contributed by atoms with Gasteiger partial charge in [0.25, 0.3) is 0 Å². The van der Waals surface area contributed by atoms with Gasteiger partial charge in [-0.1, -0.05) is 35.0 Å². The monoisotopic (exact) mass is 295 g/mol. The van der Waals surface area contributed by atoms with E-state index in [1.54, 1.807) is 0 Å². The van der Waals surface area contributed by atoms with Crippen molar-refractivity contribution >= 4 is 27.7 Å². The van der Waals surface area contributed by atoms with Gasteiger partial charge in [-0.25, -0.2) is 0 Å². The van der Waals surface area contributed by atoms with E-state index in [1.807, 2.05) is 38.1 Å². The van der Waals surface area contributed by atoms with Gasteiger partial charge in [0.1, 0.15) is 0 Å². The molecule has 3 nitrogen and oxygen atoms in total. The maximum atomic E-state index is 11.8. The number of amides is 2. The van der Waals surface area contributed by atoms with E-state index >= 15 is 0 Å². The first kappa shape index (κ1) is 12.3. The van der Waals surface area contributed by atoms with Crippen molar-refractivity contribution in [1.82, 2.24) is 5.32 Å². The van der Waals surface area contributed by atoms with E-state index in [1.165, 1.54) is 0 Å². The molecule has 0 bridgehead atoms. The van der Waals surface area contributed by atoms with Crippen molar-refractivity contribution < 1.29 is 9.59 Å². The van der Waals surface area contributed by atoms with Crippen LogP contribution in [0, 0.1) is 5.41 Å². The van der Waals surface area contributed by atoms with Crippen molar-refractivity contribution in [1.29, 1.82) is 0 Å². The van der Waals surface area contributed by atoms with Crippen LogP contribution in [0.2, 0.25) is 0 Å². The molecule has 0 aromatic heterocycles. The normalized spacial score (nSPS) is 25.8. The maximum Gasteiger partial charge on any atom is 0.233 e. The Morgan fingerprint density at radius 1 is 1.29 bits per heavy atom. The van der Waals surface area contributed by atoms with Gasteiger partial charge >= 0.3 is 0 Å². The Labute approximate surface area is 109 Å². The Bertz CT molecular complexity index is 469. The standard InChI is InChI=1S/C13H14BrNO2/c1-8(9-3-5-10(14)6-4-9)13(2)7-11(16)15-12(13)17/h3-6,8H,7H2,1-2H3,(H,15,16,17)/t8-,13+/m1/s1. The summed E-state index contributed by atoms with van der Waals surface area (Å²) in [5.41, 5.74) is 0.436. The molecule has 2 rings (SSSR count). The number of halogens is 1. The predicted molar refractivity (Wildman–Crippen MR) is 68.4 cm³/mol. The molecule has 0 unspecified atom stereocenters. The molecule has 4 heteroatoms. The summed E-state index contributed by atoms with van der Waals surface area (Å²) < 4.78 is 1.01. The number of carbonyl (C=O) groups is 2. The van der Waals surface area contributed by atoms with Crippen molar-refractivity contribution in [3.8, 4) is 0 Å². The number of hydrogen-bond donors (Lipinski definition) is 1. The second kappa shape index (κ2) is 4.26. The largest absolute Gasteiger partial charge is 0.296 e. The van der Waals surface area contributed by atoms with Crippen LogP contribution in [0.1, 0.15) is 31.7 Å². The Kier molecular flexibility index (Phi) is 3.08. The van der Waals surface area contributed by atoms with E-state index in [9.17, 15) is 9.59 Å². The molecule has 1 heterocycles. The van der Waals surface area contributed by atoms with Gasteiger partial charge in [-0.2, -0.15) is 0 Å². The summed E-state index contributed by atoms with van der Waals surface area (Å²) in [6.45, 7) is 3.83. The highest BCUT2D eigenvalue weighted by Crippen LogP contribution is 2.41. The minimum Gasteiger partial charge on any atom is -0.296 e. The van der Waals surface area contributed by atoms with Crippen LogP contribution in [0.4, 0.5) is 0 Å². The average Bonchev–Trinajstić information content (AvgIpc) is 2.54. The van der Waals surface area contributed by atoms with Crippen LogP contribution in [0.5, 0.6) is 0 Å². The first-order valence-corrected chi connectivity index (χ1v) is 6.32. The maximum absolute atomic E-state index is 11.8. The van der Waals surface area contributed by atoms with Gasteiger partial charge in [-0.15, -0.1) is 0 Å². The molecular formula is C13H14BrNO2. The molecule has 1 fully saturated rings. The zero-order valence-corrected chi connectivity index (χ0v) is 11.4. The lowest BCUT2D eigenvalue weighted by Gasteiger charge is -2.28. The second-order valence-corrected chi connectivity index (χ2v) is 5.66. The summed E-state index contributed by atoms with van der Waals surface area (Å²) in [5.74, 6) is -0.332. The van der Waals surface area contributed by atoms with E-state index in [2.05, 4.69) is 21.2 Å². The topological polar surface area (TPSA) is 46.2 Å². The predicted octanol–water partition coefficient (Wildman–Crippen LogP) is 2.61. The molecular weight excluding hydrogens is 282 g/mol. The third kappa shape index (κ3) is 2.14. The molecule has 1 aliphatic heterocycles. The molecule has 0 spiro atoms. The molecule has 1 saturated heterocycles. The summed E-state index contributed by atoms with van der Waals surface area (Å²) in [7, 11) is 0. The Hall–Kier alpha value is -1.16. The van der Waals surface area contributed by atoms with Crippen molar-refractivity contribution in [2.24, 2.45) is 5.41 Å². The molecule has 1 aromatic rings. The zero-order chi connectivity index (χ0) is 12.6. The smallest absolute Gasteiger partial charge is 0.233 e. The molecule has 0 aliphatic carbocycles. The van der Waals surface area contributed by atoms with Crippen LogP contribution >= 0.6 is 15.9 Å².